The number of hydrogen-bond acceptors (Lipinski definition) is 3. The molecule has 0 saturated heterocycles. The van der Waals surface area contributed by atoms with Crippen molar-refractivity contribution < 1.29 is 0 Å². The maximum atomic E-state index is 5.32. The van der Waals surface area contributed by atoms with E-state index in [0.717, 1.165) is 50.1 Å². The molecule has 326 valence electrons. The molecule has 0 atom stereocenters. The van der Waals surface area contributed by atoms with Crippen LogP contribution in [0.3, 0.4) is 0 Å². The highest BCUT2D eigenvalue weighted by Gasteiger charge is 2.41. The number of rotatable bonds is 10. The van der Waals surface area contributed by atoms with Crippen molar-refractivity contribution in [1.82, 2.24) is 19.5 Å². The summed E-state index contributed by atoms with van der Waals surface area (Å²) < 4.78 is 2.43. The summed E-state index contributed by atoms with van der Waals surface area (Å²) in [6.07, 6.45) is 0. The van der Waals surface area contributed by atoms with E-state index in [1.54, 1.807) is 0 Å². The molecule has 0 spiro atoms. The van der Waals surface area contributed by atoms with Gasteiger partial charge in [0, 0.05) is 27.5 Å². The van der Waals surface area contributed by atoms with Gasteiger partial charge in [0.1, 0.15) is 0 Å². The van der Waals surface area contributed by atoms with Crippen LogP contribution < -0.4 is 20.7 Å². The van der Waals surface area contributed by atoms with Crippen molar-refractivity contribution in [3.8, 4) is 62.1 Å². The predicted octanol–water partition coefficient (Wildman–Crippen LogP) is 13.0. The second-order valence-electron chi connectivity index (χ2n) is 17.7. The second-order valence-corrected chi connectivity index (χ2v) is 21.5. The van der Waals surface area contributed by atoms with Gasteiger partial charge in [0.25, 0.3) is 0 Å². The summed E-state index contributed by atoms with van der Waals surface area (Å²) in [5.41, 5.74) is 11.7. The molecule has 0 fully saturated rings. The molecule has 4 nitrogen and oxygen atoms in total. The number of para-hydroxylation sites is 1. The Balaban J connectivity index is 1.14. The molecule has 0 unspecified atom stereocenters. The second kappa shape index (κ2) is 17.8. The molecule has 5 heteroatoms. The van der Waals surface area contributed by atoms with Crippen molar-refractivity contribution in [3.05, 3.63) is 266 Å². The van der Waals surface area contributed by atoms with E-state index in [4.69, 9.17) is 15.0 Å². The highest BCUT2D eigenvalue weighted by atomic mass is 28.3. The van der Waals surface area contributed by atoms with Crippen LogP contribution in [-0.4, -0.2) is 27.6 Å². The number of benzene rings is 10. The molecule has 0 N–H and O–H groups in total. The zero-order valence-corrected chi connectivity index (χ0v) is 39.1. The van der Waals surface area contributed by atoms with Crippen LogP contribution in [0.2, 0.25) is 0 Å². The van der Waals surface area contributed by atoms with Crippen molar-refractivity contribution in [2.75, 3.05) is 0 Å². The van der Waals surface area contributed by atoms with Gasteiger partial charge in [-0.1, -0.05) is 242 Å². The summed E-state index contributed by atoms with van der Waals surface area (Å²) in [7, 11) is -2.82. The predicted molar refractivity (Wildman–Crippen MR) is 290 cm³/mol. The number of aromatic nitrogens is 4. The van der Waals surface area contributed by atoms with Crippen LogP contribution in [0.25, 0.3) is 83.9 Å². The first-order chi connectivity index (χ1) is 34.1. The summed E-state index contributed by atoms with van der Waals surface area (Å²) in [5.74, 6) is 1.84. The van der Waals surface area contributed by atoms with Crippen molar-refractivity contribution in [2.45, 2.75) is 6.92 Å². The molecule has 12 rings (SSSR count). The van der Waals surface area contributed by atoms with Gasteiger partial charge < -0.3 is 4.57 Å². The SMILES string of the molecule is Cc1cccc(-c2ccc3c4ccccc4n(-c4cc(-c5cccc([Si](c6ccccc6)(c6ccccc6)c6ccccc6)c5)ccc4-c4nc(-c5ccccc5)nc(-c5ccccc5)n4)c3c2)c1. The fourth-order valence-electron chi connectivity index (χ4n) is 10.2. The Labute approximate surface area is 403 Å². The van der Waals surface area contributed by atoms with Crippen LogP contribution in [0, 0.1) is 6.92 Å². The zero-order chi connectivity index (χ0) is 46.2. The highest BCUT2D eigenvalue weighted by molar-refractivity contribution is 7.19. The minimum atomic E-state index is -2.82. The van der Waals surface area contributed by atoms with Crippen LogP contribution in [0.4, 0.5) is 0 Å². The Kier molecular flexibility index (Phi) is 10.7. The van der Waals surface area contributed by atoms with Gasteiger partial charge in [-0.2, -0.15) is 0 Å². The Hall–Kier alpha value is -8.77. The van der Waals surface area contributed by atoms with Gasteiger partial charge in [0.05, 0.1) is 16.7 Å². The molecule has 0 saturated carbocycles. The monoisotopic (exact) mass is 898 g/mol. The van der Waals surface area contributed by atoms with Crippen molar-refractivity contribution in [3.63, 3.8) is 0 Å². The third-order valence-corrected chi connectivity index (χ3v) is 18.2. The topological polar surface area (TPSA) is 43.6 Å². The molecule has 2 aromatic heterocycles. The molecule has 10 aromatic carbocycles. The molecule has 69 heavy (non-hydrogen) atoms. The van der Waals surface area contributed by atoms with Crippen molar-refractivity contribution in [1.29, 1.82) is 0 Å². The fourth-order valence-corrected chi connectivity index (χ4v) is 15.0. The van der Waals surface area contributed by atoms with E-state index in [9.17, 15) is 0 Å². The van der Waals surface area contributed by atoms with Crippen molar-refractivity contribution >= 4 is 50.6 Å². The summed E-state index contributed by atoms with van der Waals surface area (Å²) in [4.78, 5) is 15.7. The summed E-state index contributed by atoms with van der Waals surface area (Å²) >= 11 is 0. The highest BCUT2D eigenvalue weighted by Crippen LogP contribution is 2.40. The number of aryl methyl sites for hydroxylation is 1. The maximum absolute atomic E-state index is 5.32. The molecular weight excluding hydrogens is 853 g/mol. The summed E-state index contributed by atoms with van der Waals surface area (Å²) in [5, 5.41) is 7.67. The van der Waals surface area contributed by atoms with E-state index >= 15 is 0 Å². The van der Waals surface area contributed by atoms with Gasteiger partial charge in [-0.25, -0.2) is 15.0 Å². The van der Waals surface area contributed by atoms with E-state index in [2.05, 4.69) is 236 Å². The maximum Gasteiger partial charge on any atom is 0.179 e. The lowest BCUT2D eigenvalue weighted by Gasteiger charge is -2.34. The minimum Gasteiger partial charge on any atom is -0.308 e. The van der Waals surface area contributed by atoms with Crippen LogP contribution >= 0.6 is 0 Å². The van der Waals surface area contributed by atoms with Crippen LogP contribution in [0.1, 0.15) is 5.56 Å². The molecule has 2 heterocycles. The third kappa shape index (κ3) is 7.56. The molecule has 0 amide bonds. The summed E-state index contributed by atoms with van der Waals surface area (Å²) in [6.45, 7) is 2.15. The third-order valence-electron chi connectivity index (χ3n) is 13.5. The van der Waals surface area contributed by atoms with E-state index in [-0.39, 0.29) is 0 Å². The quantitative estimate of drug-likeness (QED) is 0.101. The number of fused-ring (bicyclic) bond motifs is 3. The lowest BCUT2D eigenvalue weighted by molar-refractivity contribution is 1.06. The smallest absolute Gasteiger partial charge is 0.179 e. The minimum absolute atomic E-state index is 0.599. The van der Waals surface area contributed by atoms with E-state index in [0.29, 0.717) is 17.5 Å². The van der Waals surface area contributed by atoms with Crippen LogP contribution in [0.5, 0.6) is 0 Å². The molecule has 0 radical (unpaired) electrons. The zero-order valence-electron chi connectivity index (χ0n) is 38.1. The van der Waals surface area contributed by atoms with Gasteiger partial charge in [0.15, 0.2) is 25.5 Å². The van der Waals surface area contributed by atoms with Gasteiger partial charge in [-0.05, 0) is 74.2 Å². The van der Waals surface area contributed by atoms with E-state index in [1.807, 2.05) is 36.4 Å². The first-order valence-electron chi connectivity index (χ1n) is 23.5. The molecular formula is C64H46N4Si. The lowest BCUT2D eigenvalue weighted by Crippen LogP contribution is -2.74. The van der Waals surface area contributed by atoms with E-state index in [1.165, 1.54) is 42.6 Å². The standard InChI is InChI=1S/C64H46N4Si/c1-45-21-19-26-48(41-45)50-37-39-57-56-35-17-18-36-59(56)68(60(57)43-50)61-44-51(38-40-58(61)64-66-62(46-22-7-2-8-23-46)65-63(67-64)47-24-9-3-10-25-47)49-27-20-34-55(42-49)69(52-28-11-4-12-29-52,53-30-13-5-14-31-53)54-32-15-6-16-33-54/h2-44H,1H3. The average molecular weight is 899 g/mol. The first kappa shape index (κ1) is 41.6. The molecule has 0 bridgehead atoms. The molecule has 0 aliphatic heterocycles. The molecule has 0 aliphatic carbocycles. The van der Waals surface area contributed by atoms with Gasteiger partial charge in [-0.3, -0.25) is 0 Å². The first-order valence-corrected chi connectivity index (χ1v) is 25.5. The van der Waals surface area contributed by atoms with Gasteiger partial charge >= 0.3 is 0 Å². The number of hydrogen-bond donors (Lipinski definition) is 0. The average Bonchev–Trinajstić information content (AvgIpc) is 3.76. The van der Waals surface area contributed by atoms with Crippen LogP contribution in [0.15, 0.2) is 261 Å². The van der Waals surface area contributed by atoms with Gasteiger partial charge in [-0.15, -0.1) is 0 Å². The van der Waals surface area contributed by atoms with Crippen molar-refractivity contribution in [2.24, 2.45) is 0 Å². The Bertz CT molecular complexity index is 3620. The lowest BCUT2D eigenvalue weighted by atomic mass is 10.0. The largest absolute Gasteiger partial charge is 0.308 e. The molecule has 0 aliphatic rings. The van der Waals surface area contributed by atoms with Crippen LogP contribution in [-0.2, 0) is 0 Å². The Morgan fingerprint density at radius 2 is 0.739 bits per heavy atom. The van der Waals surface area contributed by atoms with E-state index < -0.39 is 8.07 Å². The Morgan fingerprint density at radius 3 is 1.33 bits per heavy atom. The number of nitrogens with zero attached hydrogens (tertiary/aromatic N) is 4. The molecule has 12 aromatic rings. The normalized spacial score (nSPS) is 11.6. The van der Waals surface area contributed by atoms with Gasteiger partial charge in [0.2, 0.25) is 0 Å². The Morgan fingerprint density at radius 1 is 0.304 bits per heavy atom. The fraction of sp³-hybridized carbons (Fsp3) is 0.0156. The summed E-state index contributed by atoms with van der Waals surface area (Å²) in [6, 6.07) is 94.3.